The molecule has 1 aromatic carbocycles. The fourth-order valence-electron chi connectivity index (χ4n) is 2.62. The van der Waals surface area contributed by atoms with E-state index in [0.29, 0.717) is 11.9 Å². The number of carbonyl (C=O) groups excluding carboxylic acids is 1. The summed E-state index contributed by atoms with van der Waals surface area (Å²) < 4.78 is 0. The lowest BCUT2D eigenvalue weighted by molar-refractivity contribution is -0.110. The first kappa shape index (κ1) is 14.6. The molecule has 0 saturated carbocycles. The molecule has 1 saturated heterocycles. The number of nitrogens with two attached hydrogens (primary N) is 1. The zero-order chi connectivity index (χ0) is 15.4. The van der Waals surface area contributed by atoms with E-state index < -0.39 is 0 Å². The van der Waals surface area contributed by atoms with Gasteiger partial charge in [0.2, 0.25) is 6.41 Å². The van der Waals surface area contributed by atoms with Crippen LogP contribution in [0.1, 0.15) is 12.8 Å². The monoisotopic (exact) mass is 317 g/mol. The highest BCUT2D eigenvalue weighted by Crippen LogP contribution is 2.25. The normalized spacial score (nSPS) is 15.5. The minimum atomic E-state index is 0.310. The topological polar surface area (TPSA) is 83.3 Å². The van der Waals surface area contributed by atoms with Gasteiger partial charge in [-0.3, -0.25) is 4.79 Å². The average molecular weight is 317 g/mol. The van der Waals surface area contributed by atoms with Crippen LogP contribution in [0.2, 0.25) is 0 Å². The van der Waals surface area contributed by atoms with E-state index in [1.807, 2.05) is 17.5 Å². The molecule has 116 valence electrons. The van der Waals surface area contributed by atoms with Crippen molar-refractivity contribution in [1.82, 2.24) is 10.3 Å². The number of hydrogen-bond acceptors (Lipinski definition) is 6. The number of rotatable bonds is 5. The zero-order valence-corrected chi connectivity index (χ0v) is 13.0. The van der Waals surface area contributed by atoms with Gasteiger partial charge in [0.25, 0.3) is 0 Å². The minimum Gasteiger partial charge on any atom is -0.383 e. The van der Waals surface area contributed by atoms with E-state index in [1.165, 1.54) is 17.0 Å². The lowest BCUT2D eigenvalue weighted by Gasteiger charge is -2.33. The molecule has 0 atom stereocenters. The number of nitrogens with one attached hydrogen (secondary N) is 2. The van der Waals surface area contributed by atoms with Gasteiger partial charge in [-0.25, -0.2) is 4.98 Å². The second kappa shape index (κ2) is 6.65. The van der Waals surface area contributed by atoms with Gasteiger partial charge in [0.15, 0.2) is 5.13 Å². The molecule has 1 fully saturated rings. The molecular weight excluding hydrogens is 298 g/mol. The van der Waals surface area contributed by atoms with Gasteiger partial charge in [0, 0.05) is 35.9 Å². The molecule has 1 aliphatic heterocycles. The summed E-state index contributed by atoms with van der Waals surface area (Å²) in [5, 5.41) is 8.71. The van der Waals surface area contributed by atoms with Crippen LogP contribution in [0.15, 0.2) is 29.6 Å². The molecule has 3 rings (SSSR count). The Morgan fingerprint density at radius 1 is 1.27 bits per heavy atom. The summed E-state index contributed by atoms with van der Waals surface area (Å²) in [4.78, 5) is 17.0. The number of nitrogens with zero attached hydrogens (tertiary/aromatic N) is 2. The van der Waals surface area contributed by atoms with E-state index in [9.17, 15) is 4.79 Å². The third-order valence-electron chi connectivity index (χ3n) is 3.80. The first-order valence-corrected chi connectivity index (χ1v) is 8.15. The molecule has 1 aromatic heterocycles. The van der Waals surface area contributed by atoms with Crippen LogP contribution in [0.5, 0.6) is 0 Å². The second-order valence-corrected chi connectivity index (χ2v) is 6.15. The fourth-order valence-corrected chi connectivity index (χ4v) is 3.24. The summed E-state index contributed by atoms with van der Waals surface area (Å²) in [6.45, 7) is 1.92. The lowest BCUT2D eigenvalue weighted by Crippen LogP contribution is -2.42. The maximum atomic E-state index is 10.5. The Morgan fingerprint density at radius 3 is 2.59 bits per heavy atom. The van der Waals surface area contributed by atoms with Crippen molar-refractivity contribution in [3.63, 3.8) is 0 Å². The number of thiazole rings is 1. The van der Waals surface area contributed by atoms with Gasteiger partial charge >= 0.3 is 0 Å². The van der Waals surface area contributed by atoms with Crippen LogP contribution in [0.4, 0.5) is 22.3 Å². The van der Waals surface area contributed by atoms with Crippen molar-refractivity contribution in [3.05, 3.63) is 29.6 Å². The fraction of sp³-hybridized carbons (Fsp3) is 0.333. The van der Waals surface area contributed by atoms with Crippen LogP contribution in [0.3, 0.4) is 0 Å². The largest absolute Gasteiger partial charge is 0.383 e. The standard InChI is InChI=1S/C15H19N5OS/c16-14-9-22-15(19-14)18-12-1-3-13(4-2-12)20-7-5-11(6-8-20)17-10-21/h1-4,9-11H,5-8,16H2,(H,17,21)(H,18,19). The molecular formula is C15H19N5OS. The maximum absolute atomic E-state index is 10.5. The minimum absolute atomic E-state index is 0.310. The van der Waals surface area contributed by atoms with Gasteiger partial charge in [-0.05, 0) is 37.1 Å². The molecule has 1 amide bonds. The third kappa shape index (κ3) is 3.48. The van der Waals surface area contributed by atoms with Crippen molar-refractivity contribution in [1.29, 1.82) is 0 Å². The van der Waals surface area contributed by atoms with Gasteiger partial charge in [0.1, 0.15) is 5.82 Å². The predicted molar refractivity (Wildman–Crippen MR) is 90.7 cm³/mol. The Labute approximate surface area is 133 Å². The quantitative estimate of drug-likeness (QED) is 0.736. The van der Waals surface area contributed by atoms with E-state index >= 15 is 0 Å². The Morgan fingerprint density at radius 2 is 2.00 bits per heavy atom. The Kier molecular flexibility index (Phi) is 4.43. The maximum Gasteiger partial charge on any atom is 0.207 e. The number of amides is 1. The average Bonchev–Trinajstić information content (AvgIpc) is 2.94. The van der Waals surface area contributed by atoms with Gasteiger partial charge in [-0.15, -0.1) is 11.3 Å². The van der Waals surface area contributed by atoms with Crippen molar-refractivity contribution >= 4 is 40.1 Å². The van der Waals surface area contributed by atoms with Crippen LogP contribution in [0.25, 0.3) is 0 Å². The number of carbonyl (C=O) groups is 1. The molecule has 0 aliphatic carbocycles. The van der Waals surface area contributed by atoms with Gasteiger partial charge in [0.05, 0.1) is 0 Å². The predicted octanol–water partition coefficient (Wildman–Crippen LogP) is 2.18. The van der Waals surface area contributed by atoms with E-state index in [0.717, 1.165) is 43.2 Å². The molecule has 0 unspecified atom stereocenters. The molecule has 7 heteroatoms. The summed E-state index contributed by atoms with van der Waals surface area (Å²) in [6, 6.07) is 8.61. The number of benzene rings is 1. The number of anilines is 4. The van der Waals surface area contributed by atoms with Crippen molar-refractivity contribution in [2.45, 2.75) is 18.9 Å². The molecule has 1 aliphatic rings. The first-order chi connectivity index (χ1) is 10.7. The lowest BCUT2D eigenvalue weighted by atomic mass is 10.0. The number of piperidine rings is 1. The molecule has 0 radical (unpaired) electrons. The molecule has 6 nitrogen and oxygen atoms in total. The van der Waals surface area contributed by atoms with E-state index in [2.05, 4.69) is 32.7 Å². The Hall–Kier alpha value is -2.28. The van der Waals surface area contributed by atoms with Crippen molar-refractivity contribution < 1.29 is 4.79 Å². The molecule has 4 N–H and O–H groups in total. The van der Waals surface area contributed by atoms with E-state index in [1.54, 1.807) is 0 Å². The summed E-state index contributed by atoms with van der Waals surface area (Å²) in [5.41, 5.74) is 7.81. The highest BCUT2D eigenvalue weighted by atomic mass is 32.1. The van der Waals surface area contributed by atoms with Crippen LogP contribution in [0, 0.1) is 0 Å². The van der Waals surface area contributed by atoms with Crippen LogP contribution >= 0.6 is 11.3 Å². The smallest absolute Gasteiger partial charge is 0.207 e. The summed E-state index contributed by atoms with van der Waals surface area (Å²) in [6.07, 6.45) is 2.76. The van der Waals surface area contributed by atoms with E-state index in [-0.39, 0.29) is 0 Å². The van der Waals surface area contributed by atoms with Gasteiger partial charge in [-0.1, -0.05) is 0 Å². The first-order valence-electron chi connectivity index (χ1n) is 7.27. The highest BCUT2D eigenvalue weighted by Gasteiger charge is 2.18. The number of nitrogen functional groups attached to an aromatic ring is 1. The van der Waals surface area contributed by atoms with Crippen LogP contribution < -0.4 is 21.3 Å². The SMILES string of the molecule is Nc1csc(Nc2ccc(N3CCC(NC=O)CC3)cc2)n1. The summed E-state index contributed by atoms with van der Waals surface area (Å²) in [5.74, 6) is 0.538. The van der Waals surface area contributed by atoms with Gasteiger partial charge in [-0.2, -0.15) is 0 Å². The second-order valence-electron chi connectivity index (χ2n) is 5.30. The summed E-state index contributed by atoms with van der Waals surface area (Å²) in [7, 11) is 0. The summed E-state index contributed by atoms with van der Waals surface area (Å²) >= 11 is 1.49. The van der Waals surface area contributed by atoms with Crippen molar-refractivity contribution in [2.24, 2.45) is 0 Å². The molecule has 22 heavy (non-hydrogen) atoms. The number of aromatic nitrogens is 1. The third-order valence-corrected chi connectivity index (χ3v) is 4.58. The number of hydrogen-bond donors (Lipinski definition) is 3. The van der Waals surface area contributed by atoms with Crippen molar-refractivity contribution in [2.75, 3.05) is 29.0 Å². The van der Waals surface area contributed by atoms with Crippen LogP contribution in [-0.4, -0.2) is 30.5 Å². The molecule has 0 bridgehead atoms. The molecule has 2 heterocycles. The van der Waals surface area contributed by atoms with E-state index in [4.69, 9.17) is 5.73 Å². The van der Waals surface area contributed by atoms with Gasteiger partial charge < -0.3 is 21.3 Å². The zero-order valence-electron chi connectivity index (χ0n) is 12.2. The molecule has 0 spiro atoms. The molecule has 2 aromatic rings. The van der Waals surface area contributed by atoms with Crippen LogP contribution in [-0.2, 0) is 4.79 Å². The Bertz CT molecular complexity index is 619. The van der Waals surface area contributed by atoms with Crippen molar-refractivity contribution in [3.8, 4) is 0 Å². The highest BCUT2D eigenvalue weighted by molar-refractivity contribution is 7.14. The Balaban J connectivity index is 1.58.